The molecule has 3 heterocycles. The molecule has 2 aromatic carbocycles. The van der Waals surface area contributed by atoms with Crippen LogP contribution in [0.15, 0.2) is 54.6 Å². The summed E-state index contributed by atoms with van der Waals surface area (Å²) in [6.45, 7) is 0.248. The van der Waals surface area contributed by atoms with Crippen LogP contribution in [-0.2, 0) is 12.7 Å². The number of fused-ring (bicyclic) bond motifs is 2. The Balaban J connectivity index is 1.45. The minimum absolute atomic E-state index is 0.0821. The van der Waals surface area contributed by atoms with E-state index in [2.05, 4.69) is 15.4 Å². The number of benzene rings is 2. The molecule has 0 saturated heterocycles. The quantitative estimate of drug-likeness (QED) is 0.463. The molecular formula is C22H14ClF3N4O3. The van der Waals surface area contributed by atoms with Gasteiger partial charge in [0.2, 0.25) is 6.79 Å². The molecule has 0 bridgehead atoms. The topological polar surface area (TPSA) is 77.8 Å². The third-order valence-corrected chi connectivity index (χ3v) is 5.23. The van der Waals surface area contributed by atoms with Crippen LogP contribution in [0.5, 0.6) is 11.5 Å². The zero-order chi connectivity index (χ0) is 23.2. The molecule has 1 amide bonds. The number of hydrogen-bond donors (Lipinski definition) is 1. The average molecular weight is 475 g/mol. The Morgan fingerprint density at radius 3 is 2.58 bits per heavy atom. The average Bonchev–Trinajstić information content (AvgIpc) is 3.43. The van der Waals surface area contributed by atoms with Crippen LogP contribution in [0.3, 0.4) is 0 Å². The molecule has 0 aliphatic carbocycles. The number of halogens is 4. The Bertz CT molecular complexity index is 1370. The Hall–Kier alpha value is -3.79. The van der Waals surface area contributed by atoms with E-state index in [-0.39, 0.29) is 30.4 Å². The summed E-state index contributed by atoms with van der Waals surface area (Å²) < 4.78 is 52.4. The lowest BCUT2D eigenvalue weighted by molar-refractivity contribution is -0.142. The second-order valence-electron chi connectivity index (χ2n) is 7.20. The van der Waals surface area contributed by atoms with Gasteiger partial charge in [-0.1, -0.05) is 29.8 Å². The van der Waals surface area contributed by atoms with Crippen LogP contribution in [0, 0.1) is 0 Å². The number of carbonyl (C=O) groups is 1. The second-order valence-corrected chi connectivity index (χ2v) is 7.64. The molecule has 0 fully saturated rings. The van der Waals surface area contributed by atoms with Crippen molar-refractivity contribution in [2.45, 2.75) is 12.7 Å². The number of aromatic nitrogens is 3. The number of amides is 1. The molecule has 7 nitrogen and oxygen atoms in total. The van der Waals surface area contributed by atoms with Gasteiger partial charge in [-0.2, -0.15) is 18.3 Å². The highest BCUT2D eigenvalue weighted by Crippen LogP contribution is 2.33. The largest absolute Gasteiger partial charge is 0.454 e. The van der Waals surface area contributed by atoms with Gasteiger partial charge in [0.15, 0.2) is 28.5 Å². The molecule has 0 radical (unpaired) electrons. The SMILES string of the molecule is O=C(NCc1ccc2c(c1)OCO2)c1cc2nc(-c3ccc(Cl)cc3)cc(C(F)(F)F)n2n1. The van der Waals surface area contributed by atoms with Gasteiger partial charge < -0.3 is 14.8 Å². The maximum Gasteiger partial charge on any atom is 0.433 e. The molecule has 0 saturated carbocycles. The third-order valence-electron chi connectivity index (χ3n) is 4.98. The van der Waals surface area contributed by atoms with Gasteiger partial charge in [-0.05, 0) is 35.9 Å². The van der Waals surface area contributed by atoms with Gasteiger partial charge in [-0.3, -0.25) is 4.79 Å². The molecule has 168 valence electrons. The van der Waals surface area contributed by atoms with Crippen molar-refractivity contribution in [1.82, 2.24) is 19.9 Å². The molecule has 33 heavy (non-hydrogen) atoms. The van der Waals surface area contributed by atoms with Crippen molar-refractivity contribution >= 4 is 23.2 Å². The van der Waals surface area contributed by atoms with E-state index < -0.39 is 17.8 Å². The van der Waals surface area contributed by atoms with Crippen molar-refractivity contribution in [2.24, 2.45) is 0 Å². The van der Waals surface area contributed by atoms with Crippen molar-refractivity contribution < 1.29 is 27.4 Å². The first-order valence-corrected chi connectivity index (χ1v) is 10.1. The molecule has 11 heteroatoms. The summed E-state index contributed by atoms with van der Waals surface area (Å²) in [4.78, 5) is 16.9. The lowest BCUT2D eigenvalue weighted by Crippen LogP contribution is -2.23. The van der Waals surface area contributed by atoms with E-state index in [1.54, 1.807) is 42.5 Å². The zero-order valence-corrected chi connectivity index (χ0v) is 17.4. The van der Waals surface area contributed by atoms with E-state index in [0.29, 0.717) is 26.6 Å². The summed E-state index contributed by atoms with van der Waals surface area (Å²) in [5, 5.41) is 6.94. The number of nitrogens with zero attached hydrogens (tertiary/aromatic N) is 3. The van der Waals surface area contributed by atoms with Gasteiger partial charge in [0.1, 0.15) is 0 Å². The monoisotopic (exact) mass is 474 g/mol. The van der Waals surface area contributed by atoms with Crippen LogP contribution in [0.2, 0.25) is 5.02 Å². The van der Waals surface area contributed by atoms with Crippen LogP contribution in [0.1, 0.15) is 21.7 Å². The number of carbonyl (C=O) groups excluding carboxylic acids is 1. The molecule has 2 aromatic heterocycles. The Kier molecular flexibility index (Phi) is 5.09. The number of nitrogens with one attached hydrogen (secondary N) is 1. The molecule has 1 N–H and O–H groups in total. The Morgan fingerprint density at radius 2 is 1.82 bits per heavy atom. The predicted molar refractivity (Wildman–Crippen MR) is 112 cm³/mol. The van der Waals surface area contributed by atoms with Gasteiger partial charge in [-0.25, -0.2) is 9.50 Å². The van der Waals surface area contributed by atoms with E-state index in [4.69, 9.17) is 21.1 Å². The van der Waals surface area contributed by atoms with E-state index in [0.717, 1.165) is 11.6 Å². The highest BCUT2D eigenvalue weighted by atomic mass is 35.5. The number of alkyl halides is 3. The summed E-state index contributed by atoms with van der Waals surface area (Å²) in [6.07, 6.45) is -4.71. The first-order chi connectivity index (χ1) is 15.8. The predicted octanol–water partition coefficient (Wildman–Crippen LogP) is 4.73. The summed E-state index contributed by atoms with van der Waals surface area (Å²) in [5.74, 6) is 0.523. The van der Waals surface area contributed by atoms with Crippen LogP contribution in [-0.4, -0.2) is 27.3 Å². The number of rotatable bonds is 4. The number of hydrogen-bond acceptors (Lipinski definition) is 5. The van der Waals surface area contributed by atoms with Gasteiger partial charge in [0, 0.05) is 23.2 Å². The smallest absolute Gasteiger partial charge is 0.433 e. The van der Waals surface area contributed by atoms with Crippen molar-refractivity contribution in [3.8, 4) is 22.8 Å². The van der Waals surface area contributed by atoms with Crippen LogP contribution >= 0.6 is 11.6 Å². The van der Waals surface area contributed by atoms with Crippen LogP contribution < -0.4 is 14.8 Å². The summed E-state index contributed by atoms with van der Waals surface area (Å²) in [6, 6.07) is 13.5. The fraction of sp³-hybridized carbons (Fsp3) is 0.136. The molecule has 1 aliphatic rings. The lowest BCUT2D eigenvalue weighted by Gasteiger charge is -2.11. The van der Waals surface area contributed by atoms with Crippen molar-refractivity contribution in [3.05, 3.63) is 76.6 Å². The van der Waals surface area contributed by atoms with E-state index in [1.807, 2.05) is 0 Å². The fourth-order valence-corrected chi connectivity index (χ4v) is 3.51. The maximum absolute atomic E-state index is 13.7. The van der Waals surface area contributed by atoms with Gasteiger partial charge in [0.25, 0.3) is 5.91 Å². The van der Waals surface area contributed by atoms with E-state index in [1.165, 1.54) is 6.07 Å². The standard InChI is InChI=1S/C22H14ClF3N4O3/c23-14-4-2-13(3-5-14)15-8-19(22(24,25)26)30-20(28-15)9-16(29-30)21(31)27-10-12-1-6-17-18(7-12)33-11-32-17/h1-9H,10-11H2,(H,27,31). The van der Waals surface area contributed by atoms with E-state index in [9.17, 15) is 18.0 Å². The summed E-state index contributed by atoms with van der Waals surface area (Å²) in [5.41, 5.74) is -0.0890. The summed E-state index contributed by atoms with van der Waals surface area (Å²) in [7, 11) is 0. The normalized spacial score (nSPS) is 12.8. The van der Waals surface area contributed by atoms with Crippen molar-refractivity contribution in [3.63, 3.8) is 0 Å². The molecule has 4 aromatic rings. The molecular weight excluding hydrogens is 461 g/mol. The van der Waals surface area contributed by atoms with Crippen molar-refractivity contribution in [2.75, 3.05) is 6.79 Å². The maximum atomic E-state index is 13.7. The molecule has 1 aliphatic heterocycles. The first kappa shape index (κ1) is 21.1. The lowest BCUT2D eigenvalue weighted by atomic mass is 10.1. The minimum atomic E-state index is -4.71. The van der Waals surface area contributed by atoms with Crippen molar-refractivity contribution in [1.29, 1.82) is 0 Å². The number of ether oxygens (including phenoxy) is 2. The van der Waals surface area contributed by atoms with E-state index >= 15 is 0 Å². The molecule has 0 spiro atoms. The third kappa shape index (κ3) is 4.17. The van der Waals surface area contributed by atoms with Crippen LogP contribution in [0.25, 0.3) is 16.9 Å². The molecule has 5 rings (SSSR count). The summed E-state index contributed by atoms with van der Waals surface area (Å²) >= 11 is 5.87. The van der Waals surface area contributed by atoms with Gasteiger partial charge >= 0.3 is 6.18 Å². The first-order valence-electron chi connectivity index (χ1n) is 9.68. The Labute approximate surface area is 189 Å². The fourth-order valence-electron chi connectivity index (χ4n) is 3.38. The van der Waals surface area contributed by atoms with Gasteiger partial charge in [-0.15, -0.1) is 0 Å². The van der Waals surface area contributed by atoms with Crippen LogP contribution in [0.4, 0.5) is 13.2 Å². The highest BCUT2D eigenvalue weighted by Gasteiger charge is 2.35. The highest BCUT2D eigenvalue weighted by molar-refractivity contribution is 6.30. The zero-order valence-electron chi connectivity index (χ0n) is 16.7. The molecule has 0 unspecified atom stereocenters. The minimum Gasteiger partial charge on any atom is -0.454 e. The molecule has 0 atom stereocenters. The van der Waals surface area contributed by atoms with Gasteiger partial charge in [0.05, 0.1) is 5.69 Å². The second kappa shape index (κ2) is 7.96. The Morgan fingerprint density at radius 1 is 1.06 bits per heavy atom.